The normalized spacial score (nSPS) is 10.5. The number of aromatic amines is 1. The lowest BCUT2D eigenvalue weighted by molar-refractivity contribution is 0.407. The molecule has 2 aromatic rings. The molecule has 0 aliphatic carbocycles. The van der Waals surface area contributed by atoms with Gasteiger partial charge in [0, 0.05) is 0 Å². The van der Waals surface area contributed by atoms with Gasteiger partial charge in [-0.3, -0.25) is 0 Å². The number of hydrogen-bond acceptors (Lipinski definition) is 4. The van der Waals surface area contributed by atoms with E-state index < -0.39 is 0 Å². The molecular weight excluding hydrogens is 146 g/mol. The molecule has 5 heteroatoms. The minimum absolute atomic E-state index is 0.189. The zero-order valence-corrected chi connectivity index (χ0v) is 5.44. The summed E-state index contributed by atoms with van der Waals surface area (Å²) in [6, 6.07) is 2.92. The molecule has 0 saturated carbocycles. The number of benzene rings is 1. The Morgan fingerprint density at radius 1 is 1.18 bits per heavy atom. The zero-order valence-electron chi connectivity index (χ0n) is 5.44. The van der Waals surface area contributed by atoms with Gasteiger partial charge in [0.1, 0.15) is 5.52 Å². The van der Waals surface area contributed by atoms with E-state index in [4.69, 9.17) is 5.11 Å². The number of hydrogen-bond donors (Lipinski definition) is 3. The van der Waals surface area contributed by atoms with Crippen LogP contribution in [0.4, 0.5) is 0 Å². The molecule has 5 nitrogen and oxygen atoms in total. The summed E-state index contributed by atoms with van der Waals surface area (Å²) in [6.45, 7) is 0. The second-order valence-corrected chi connectivity index (χ2v) is 2.12. The maximum absolute atomic E-state index is 9.17. The highest BCUT2D eigenvalue weighted by molar-refractivity contribution is 5.82. The summed E-state index contributed by atoms with van der Waals surface area (Å²) >= 11 is 0. The van der Waals surface area contributed by atoms with Gasteiger partial charge in [-0.15, -0.1) is 0 Å². The van der Waals surface area contributed by atoms with Gasteiger partial charge in [0.15, 0.2) is 17.0 Å². The van der Waals surface area contributed by atoms with E-state index in [0.29, 0.717) is 5.52 Å². The predicted octanol–water partition coefficient (Wildman–Crippen LogP) is 0.369. The Morgan fingerprint density at radius 2 is 2.00 bits per heavy atom. The molecule has 1 heterocycles. The lowest BCUT2D eigenvalue weighted by atomic mass is 10.3. The topological polar surface area (TPSA) is 82.0 Å². The van der Waals surface area contributed by atoms with Gasteiger partial charge in [0.05, 0.1) is 0 Å². The van der Waals surface area contributed by atoms with Crippen LogP contribution in [0, 0.1) is 0 Å². The summed E-state index contributed by atoms with van der Waals surface area (Å²) in [7, 11) is 0. The molecule has 0 amide bonds. The maximum atomic E-state index is 9.17. The van der Waals surface area contributed by atoms with Crippen molar-refractivity contribution < 1.29 is 10.2 Å². The number of phenolic OH excluding ortho intramolecular Hbond substituents is 2. The molecule has 3 N–H and O–H groups in total. The zero-order chi connectivity index (χ0) is 7.84. The first-order valence-corrected chi connectivity index (χ1v) is 3.00. The van der Waals surface area contributed by atoms with Gasteiger partial charge in [-0.05, 0) is 12.1 Å². The molecule has 0 bridgehead atoms. The average molecular weight is 151 g/mol. The summed E-state index contributed by atoms with van der Waals surface area (Å²) in [5.74, 6) is -0.428. The first-order chi connectivity index (χ1) is 5.29. The fourth-order valence-corrected chi connectivity index (χ4v) is 0.888. The van der Waals surface area contributed by atoms with Crippen LogP contribution in [0.1, 0.15) is 0 Å². The predicted molar refractivity (Wildman–Crippen MR) is 37.2 cm³/mol. The Labute approximate surface area is 61.3 Å². The Balaban J connectivity index is 2.93. The van der Waals surface area contributed by atoms with Gasteiger partial charge in [-0.1, -0.05) is 0 Å². The fraction of sp³-hybridized carbons (Fsp3) is 0. The van der Waals surface area contributed by atoms with E-state index in [1.807, 2.05) is 0 Å². The quantitative estimate of drug-likeness (QED) is 0.475. The van der Waals surface area contributed by atoms with Crippen molar-refractivity contribution in [2.75, 3.05) is 0 Å². The number of nitrogens with zero attached hydrogens (tertiary/aromatic N) is 2. The van der Waals surface area contributed by atoms with E-state index in [9.17, 15) is 5.11 Å². The highest BCUT2D eigenvalue weighted by Crippen LogP contribution is 2.30. The highest BCUT2D eigenvalue weighted by Gasteiger charge is 2.07. The molecule has 0 unspecified atom stereocenters. The Hall–Kier alpha value is -1.78. The van der Waals surface area contributed by atoms with Crippen molar-refractivity contribution in [2.24, 2.45) is 0 Å². The van der Waals surface area contributed by atoms with Gasteiger partial charge in [-0.25, -0.2) is 0 Å². The second kappa shape index (κ2) is 1.85. The minimum Gasteiger partial charge on any atom is -0.504 e. The van der Waals surface area contributed by atoms with E-state index in [2.05, 4.69) is 15.4 Å². The van der Waals surface area contributed by atoms with Crippen molar-refractivity contribution in [3.8, 4) is 11.5 Å². The lowest BCUT2D eigenvalue weighted by Gasteiger charge is -1.93. The van der Waals surface area contributed by atoms with Crippen molar-refractivity contribution in [1.82, 2.24) is 15.4 Å². The summed E-state index contributed by atoms with van der Waals surface area (Å²) in [5, 5.41) is 27.9. The highest BCUT2D eigenvalue weighted by atomic mass is 16.3. The molecule has 1 aromatic heterocycles. The number of H-pyrrole nitrogens is 1. The van der Waals surface area contributed by atoms with Crippen molar-refractivity contribution in [1.29, 1.82) is 0 Å². The molecular formula is C6H5N3O2. The van der Waals surface area contributed by atoms with Gasteiger partial charge >= 0.3 is 0 Å². The van der Waals surface area contributed by atoms with E-state index >= 15 is 0 Å². The summed E-state index contributed by atoms with van der Waals surface area (Å²) in [6.07, 6.45) is 0. The summed E-state index contributed by atoms with van der Waals surface area (Å²) in [4.78, 5) is 0. The van der Waals surface area contributed by atoms with Crippen LogP contribution in [-0.2, 0) is 0 Å². The van der Waals surface area contributed by atoms with E-state index in [0.717, 1.165) is 0 Å². The van der Waals surface area contributed by atoms with Crippen molar-refractivity contribution >= 4 is 11.0 Å². The van der Waals surface area contributed by atoms with Crippen LogP contribution < -0.4 is 0 Å². The number of nitrogens with one attached hydrogen (secondary N) is 1. The molecule has 1 aromatic carbocycles. The molecule has 2 rings (SSSR count). The van der Waals surface area contributed by atoms with E-state index in [1.165, 1.54) is 6.07 Å². The smallest absolute Gasteiger partial charge is 0.187 e. The molecule has 0 aliphatic rings. The van der Waals surface area contributed by atoms with Gasteiger partial charge in [-0.2, -0.15) is 15.4 Å². The Kier molecular flexibility index (Phi) is 1.00. The molecule has 11 heavy (non-hydrogen) atoms. The van der Waals surface area contributed by atoms with Crippen molar-refractivity contribution in [2.45, 2.75) is 0 Å². The van der Waals surface area contributed by atoms with Crippen LogP contribution in [0.2, 0.25) is 0 Å². The van der Waals surface area contributed by atoms with Crippen LogP contribution >= 0.6 is 0 Å². The fourth-order valence-electron chi connectivity index (χ4n) is 0.888. The van der Waals surface area contributed by atoms with Gasteiger partial charge in [0.2, 0.25) is 0 Å². The minimum atomic E-state index is -0.240. The molecule has 0 fully saturated rings. The molecule has 0 saturated heterocycles. The molecule has 0 aliphatic heterocycles. The summed E-state index contributed by atoms with van der Waals surface area (Å²) < 4.78 is 0. The number of phenols is 2. The molecule has 0 radical (unpaired) electrons. The van der Waals surface area contributed by atoms with Crippen LogP contribution in [0.5, 0.6) is 11.5 Å². The molecule has 56 valence electrons. The Bertz CT molecular complexity index is 396. The van der Waals surface area contributed by atoms with E-state index in [-0.39, 0.29) is 17.0 Å². The standard InChI is InChI=1S/C6H5N3O2/c10-4-2-1-3-5(6(4)11)8-9-7-3/h1-2,10-11H,(H,7,8,9). The summed E-state index contributed by atoms with van der Waals surface area (Å²) in [5.41, 5.74) is 0.810. The third-order valence-electron chi connectivity index (χ3n) is 1.44. The van der Waals surface area contributed by atoms with Crippen LogP contribution in [-0.4, -0.2) is 25.6 Å². The van der Waals surface area contributed by atoms with Crippen molar-refractivity contribution in [3.63, 3.8) is 0 Å². The number of rotatable bonds is 0. The number of aromatic nitrogens is 3. The monoisotopic (exact) mass is 151 g/mol. The van der Waals surface area contributed by atoms with Crippen LogP contribution in [0.3, 0.4) is 0 Å². The van der Waals surface area contributed by atoms with Gasteiger partial charge in [0.25, 0.3) is 0 Å². The van der Waals surface area contributed by atoms with Crippen molar-refractivity contribution in [3.05, 3.63) is 12.1 Å². The second-order valence-electron chi connectivity index (χ2n) is 2.12. The number of aromatic hydroxyl groups is 2. The number of fused-ring (bicyclic) bond motifs is 1. The first kappa shape index (κ1) is 5.96. The third kappa shape index (κ3) is 0.706. The third-order valence-corrected chi connectivity index (χ3v) is 1.44. The van der Waals surface area contributed by atoms with Crippen LogP contribution in [0.25, 0.3) is 11.0 Å². The van der Waals surface area contributed by atoms with Crippen LogP contribution in [0.15, 0.2) is 12.1 Å². The molecule has 0 spiro atoms. The van der Waals surface area contributed by atoms with E-state index in [1.54, 1.807) is 6.07 Å². The Morgan fingerprint density at radius 3 is 2.82 bits per heavy atom. The average Bonchev–Trinajstić information content (AvgIpc) is 2.45. The largest absolute Gasteiger partial charge is 0.504 e. The van der Waals surface area contributed by atoms with Gasteiger partial charge < -0.3 is 10.2 Å². The molecule has 0 atom stereocenters. The maximum Gasteiger partial charge on any atom is 0.187 e. The lowest BCUT2D eigenvalue weighted by Crippen LogP contribution is -1.72. The first-order valence-electron chi connectivity index (χ1n) is 3.00. The SMILES string of the molecule is Oc1ccc2n[nH]nc2c1O.